The Morgan fingerprint density at radius 3 is 2.52 bits per heavy atom. The van der Waals surface area contributed by atoms with Gasteiger partial charge in [0.15, 0.2) is 0 Å². The number of nitro benzene ring substituents is 1. The SMILES string of the molecule is O=[N+]([O-])c1cc(Br)ccc1CNCc1cc(F)ccc1Br. The highest BCUT2D eigenvalue weighted by molar-refractivity contribution is 9.10. The van der Waals surface area contributed by atoms with E-state index in [-0.39, 0.29) is 11.5 Å². The van der Waals surface area contributed by atoms with Crippen molar-refractivity contribution < 1.29 is 9.31 Å². The average Bonchev–Trinajstić information content (AvgIpc) is 2.44. The molecular weight excluding hydrogens is 407 g/mol. The Bertz CT molecular complexity index is 680. The minimum absolute atomic E-state index is 0.0511. The van der Waals surface area contributed by atoms with E-state index in [0.29, 0.717) is 23.1 Å². The Labute approximate surface area is 137 Å². The molecule has 2 aromatic rings. The monoisotopic (exact) mass is 416 g/mol. The molecule has 0 fully saturated rings. The predicted molar refractivity (Wildman–Crippen MR) is 85.4 cm³/mol. The van der Waals surface area contributed by atoms with Crippen LogP contribution >= 0.6 is 31.9 Å². The van der Waals surface area contributed by atoms with E-state index < -0.39 is 4.92 Å². The highest BCUT2D eigenvalue weighted by Crippen LogP contribution is 2.24. The maximum Gasteiger partial charge on any atom is 0.275 e. The summed E-state index contributed by atoms with van der Waals surface area (Å²) in [6.07, 6.45) is 0. The third kappa shape index (κ3) is 4.33. The first-order chi connectivity index (χ1) is 9.97. The fraction of sp³-hybridized carbons (Fsp3) is 0.143. The zero-order valence-electron chi connectivity index (χ0n) is 10.8. The Morgan fingerprint density at radius 1 is 1.10 bits per heavy atom. The van der Waals surface area contributed by atoms with Crippen molar-refractivity contribution in [1.29, 1.82) is 0 Å². The third-order valence-corrected chi connectivity index (χ3v) is 4.15. The molecule has 0 spiro atoms. The van der Waals surface area contributed by atoms with E-state index in [0.717, 1.165) is 10.0 Å². The maximum absolute atomic E-state index is 13.2. The summed E-state index contributed by atoms with van der Waals surface area (Å²) in [5, 5.41) is 14.1. The molecule has 0 atom stereocenters. The second-order valence-corrected chi connectivity index (χ2v) is 6.14. The molecule has 0 aliphatic rings. The Morgan fingerprint density at radius 2 is 1.81 bits per heavy atom. The number of halogens is 3. The molecule has 0 amide bonds. The summed E-state index contributed by atoms with van der Waals surface area (Å²) < 4.78 is 14.6. The van der Waals surface area contributed by atoms with Gasteiger partial charge in [-0.1, -0.05) is 31.9 Å². The van der Waals surface area contributed by atoms with Gasteiger partial charge < -0.3 is 5.32 Å². The first kappa shape index (κ1) is 16.1. The van der Waals surface area contributed by atoms with Crippen LogP contribution < -0.4 is 5.32 Å². The van der Waals surface area contributed by atoms with E-state index in [1.54, 1.807) is 18.2 Å². The van der Waals surface area contributed by atoms with Gasteiger partial charge in [-0.25, -0.2) is 4.39 Å². The highest BCUT2D eigenvalue weighted by Gasteiger charge is 2.13. The lowest BCUT2D eigenvalue weighted by Gasteiger charge is -2.08. The summed E-state index contributed by atoms with van der Waals surface area (Å²) in [5.41, 5.74) is 1.39. The van der Waals surface area contributed by atoms with Crippen LogP contribution in [-0.4, -0.2) is 4.92 Å². The van der Waals surface area contributed by atoms with Crippen molar-refractivity contribution in [1.82, 2.24) is 5.32 Å². The van der Waals surface area contributed by atoms with E-state index in [2.05, 4.69) is 37.2 Å². The van der Waals surface area contributed by atoms with Crippen LogP contribution in [0.25, 0.3) is 0 Å². The molecule has 7 heteroatoms. The number of hydrogen-bond acceptors (Lipinski definition) is 3. The van der Waals surface area contributed by atoms with E-state index >= 15 is 0 Å². The second kappa shape index (κ2) is 7.11. The summed E-state index contributed by atoms with van der Waals surface area (Å²) in [4.78, 5) is 10.6. The lowest BCUT2D eigenvalue weighted by atomic mass is 10.1. The van der Waals surface area contributed by atoms with Crippen molar-refractivity contribution in [3.63, 3.8) is 0 Å². The van der Waals surface area contributed by atoms with Gasteiger partial charge in [0.1, 0.15) is 5.82 Å². The quantitative estimate of drug-likeness (QED) is 0.573. The molecular formula is C14H11Br2FN2O2. The molecule has 0 saturated heterocycles. The van der Waals surface area contributed by atoms with E-state index in [9.17, 15) is 14.5 Å². The summed E-state index contributed by atoms with van der Waals surface area (Å²) in [7, 11) is 0. The first-order valence-corrected chi connectivity index (χ1v) is 7.63. The summed E-state index contributed by atoms with van der Waals surface area (Å²) >= 11 is 6.56. The van der Waals surface area contributed by atoms with Gasteiger partial charge in [-0.05, 0) is 35.9 Å². The van der Waals surface area contributed by atoms with Gasteiger partial charge in [0.05, 0.1) is 4.92 Å². The van der Waals surface area contributed by atoms with Gasteiger partial charge in [0.25, 0.3) is 5.69 Å². The Hall–Kier alpha value is -1.31. The molecule has 0 aliphatic heterocycles. The van der Waals surface area contributed by atoms with Crippen LogP contribution in [0.4, 0.5) is 10.1 Å². The van der Waals surface area contributed by atoms with Crippen molar-refractivity contribution in [2.75, 3.05) is 0 Å². The maximum atomic E-state index is 13.2. The Kier molecular flexibility index (Phi) is 5.44. The van der Waals surface area contributed by atoms with Gasteiger partial charge in [-0.3, -0.25) is 10.1 Å². The van der Waals surface area contributed by atoms with Crippen LogP contribution in [0.5, 0.6) is 0 Å². The van der Waals surface area contributed by atoms with Gasteiger partial charge in [-0.15, -0.1) is 0 Å². The fourth-order valence-electron chi connectivity index (χ4n) is 1.87. The van der Waals surface area contributed by atoms with Crippen molar-refractivity contribution in [2.45, 2.75) is 13.1 Å². The Balaban J connectivity index is 2.07. The van der Waals surface area contributed by atoms with Crippen LogP contribution in [-0.2, 0) is 13.1 Å². The number of rotatable bonds is 5. The minimum atomic E-state index is -0.417. The predicted octanol–water partition coefficient (Wildman–Crippen LogP) is 4.55. The van der Waals surface area contributed by atoms with Crippen LogP contribution in [0.3, 0.4) is 0 Å². The van der Waals surface area contributed by atoms with Crippen molar-refractivity contribution in [3.05, 3.63) is 72.4 Å². The number of benzene rings is 2. The molecule has 1 N–H and O–H groups in total. The topological polar surface area (TPSA) is 55.2 Å². The molecule has 0 heterocycles. The second-order valence-electron chi connectivity index (χ2n) is 4.37. The van der Waals surface area contributed by atoms with Crippen LogP contribution in [0.15, 0.2) is 45.3 Å². The minimum Gasteiger partial charge on any atom is -0.308 e. The third-order valence-electron chi connectivity index (χ3n) is 2.88. The molecule has 0 radical (unpaired) electrons. The molecule has 4 nitrogen and oxygen atoms in total. The number of nitrogens with one attached hydrogen (secondary N) is 1. The van der Waals surface area contributed by atoms with E-state index in [1.807, 2.05) is 0 Å². The zero-order chi connectivity index (χ0) is 15.4. The standard InChI is InChI=1S/C14H11Br2FN2O2/c15-11-2-1-9(14(6-11)19(20)21)7-18-8-10-5-12(17)3-4-13(10)16/h1-6,18H,7-8H2. The summed E-state index contributed by atoms with van der Waals surface area (Å²) in [6, 6.07) is 9.34. The summed E-state index contributed by atoms with van der Waals surface area (Å²) in [6.45, 7) is 0.734. The van der Waals surface area contributed by atoms with Crippen LogP contribution in [0.1, 0.15) is 11.1 Å². The lowest BCUT2D eigenvalue weighted by Crippen LogP contribution is -2.14. The van der Waals surface area contributed by atoms with Gasteiger partial charge in [0, 0.05) is 33.7 Å². The van der Waals surface area contributed by atoms with Crippen molar-refractivity contribution in [3.8, 4) is 0 Å². The molecule has 0 aliphatic carbocycles. The fourth-order valence-corrected chi connectivity index (χ4v) is 2.60. The molecule has 0 saturated carbocycles. The molecule has 2 rings (SSSR count). The number of nitrogens with zero attached hydrogens (tertiary/aromatic N) is 1. The largest absolute Gasteiger partial charge is 0.308 e. The molecule has 21 heavy (non-hydrogen) atoms. The molecule has 110 valence electrons. The normalized spacial score (nSPS) is 10.6. The van der Waals surface area contributed by atoms with Crippen LogP contribution in [0.2, 0.25) is 0 Å². The average molecular weight is 418 g/mol. The van der Waals surface area contributed by atoms with Crippen molar-refractivity contribution >= 4 is 37.5 Å². The molecule has 0 unspecified atom stereocenters. The van der Waals surface area contributed by atoms with E-state index in [1.165, 1.54) is 18.2 Å². The number of nitro groups is 1. The highest BCUT2D eigenvalue weighted by atomic mass is 79.9. The molecule has 2 aromatic carbocycles. The molecule has 0 bridgehead atoms. The lowest BCUT2D eigenvalue weighted by molar-refractivity contribution is -0.385. The van der Waals surface area contributed by atoms with Gasteiger partial charge in [0.2, 0.25) is 0 Å². The number of hydrogen-bond donors (Lipinski definition) is 1. The van der Waals surface area contributed by atoms with Gasteiger partial charge in [-0.2, -0.15) is 0 Å². The van der Waals surface area contributed by atoms with Gasteiger partial charge >= 0.3 is 0 Å². The zero-order valence-corrected chi connectivity index (χ0v) is 13.9. The van der Waals surface area contributed by atoms with Crippen molar-refractivity contribution in [2.24, 2.45) is 0 Å². The first-order valence-electron chi connectivity index (χ1n) is 6.05. The molecule has 0 aromatic heterocycles. The smallest absolute Gasteiger partial charge is 0.275 e. The van der Waals surface area contributed by atoms with E-state index in [4.69, 9.17) is 0 Å². The van der Waals surface area contributed by atoms with Crippen LogP contribution in [0, 0.1) is 15.9 Å². The summed E-state index contributed by atoms with van der Waals surface area (Å²) in [5.74, 6) is -0.315.